The number of hydrogen-bond acceptors (Lipinski definition) is 4. The Morgan fingerprint density at radius 3 is 2.36 bits per heavy atom. The Labute approximate surface area is 133 Å². The van der Waals surface area contributed by atoms with Gasteiger partial charge in [0.25, 0.3) is 10.2 Å². The molecule has 0 saturated carbocycles. The second-order valence-electron chi connectivity index (χ2n) is 6.57. The quantitative estimate of drug-likeness (QED) is 0.768. The van der Waals surface area contributed by atoms with Crippen LogP contribution in [0.3, 0.4) is 0 Å². The number of carbonyl (C=O) groups excluding carboxylic acids is 1. The number of nitrogens with one attached hydrogen (secondary N) is 1. The lowest BCUT2D eigenvalue weighted by atomic mass is 9.97. The van der Waals surface area contributed by atoms with E-state index in [2.05, 4.69) is 17.3 Å². The first-order valence-corrected chi connectivity index (χ1v) is 9.37. The molecule has 0 bridgehead atoms. The molecule has 0 radical (unpaired) electrons. The molecule has 0 unspecified atom stereocenters. The highest BCUT2D eigenvalue weighted by Crippen LogP contribution is 2.21. The van der Waals surface area contributed by atoms with Gasteiger partial charge in [0.15, 0.2) is 0 Å². The molecular formula is C14H28N4O3S. The summed E-state index contributed by atoms with van der Waals surface area (Å²) < 4.78 is 27.0. The fraction of sp³-hybridized carbons (Fsp3) is 0.929. The maximum absolute atomic E-state index is 12.4. The molecule has 7 nitrogen and oxygen atoms in total. The van der Waals surface area contributed by atoms with Crippen LogP contribution in [0.1, 0.15) is 25.7 Å². The van der Waals surface area contributed by atoms with E-state index in [1.54, 1.807) is 0 Å². The molecule has 0 aliphatic carbocycles. The number of amides is 1. The third kappa shape index (κ3) is 4.18. The van der Waals surface area contributed by atoms with Crippen LogP contribution in [0.4, 0.5) is 0 Å². The monoisotopic (exact) mass is 332 g/mol. The molecular weight excluding hydrogens is 304 g/mol. The van der Waals surface area contributed by atoms with Crippen LogP contribution < -0.4 is 5.32 Å². The van der Waals surface area contributed by atoms with E-state index in [1.807, 2.05) is 0 Å². The average Bonchev–Trinajstić information content (AvgIpc) is 2.49. The smallest absolute Gasteiger partial charge is 0.281 e. The molecule has 2 aliphatic rings. The van der Waals surface area contributed by atoms with Crippen LogP contribution in [-0.4, -0.2) is 81.2 Å². The van der Waals surface area contributed by atoms with Crippen molar-refractivity contribution in [2.45, 2.75) is 31.7 Å². The van der Waals surface area contributed by atoms with Crippen molar-refractivity contribution < 1.29 is 13.2 Å². The molecule has 0 aromatic heterocycles. The molecule has 2 saturated heterocycles. The third-order valence-corrected chi connectivity index (χ3v) is 6.51. The van der Waals surface area contributed by atoms with Crippen molar-refractivity contribution in [3.63, 3.8) is 0 Å². The number of nitrogens with zero attached hydrogens (tertiary/aromatic N) is 3. The Morgan fingerprint density at radius 2 is 1.77 bits per heavy atom. The van der Waals surface area contributed by atoms with Crippen molar-refractivity contribution in [2.24, 2.45) is 5.92 Å². The molecule has 2 fully saturated rings. The summed E-state index contributed by atoms with van der Waals surface area (Å²) in [5, 5.41) is 3.11. The first-order chi connectivity index (χ1) is 10.3. The number of rotatable bonds is 4. The highest BCUT2D eigenvalue weighted by Gasteiger charge is 2.34. The van der Waals surface area contributed by atoms with Crippen molar-refractivity contribution in [3.8, 4) is 0 Å². The van der Waals surface area contributed by atoms with Crippen LogP contribution in [0.25, 0.3) is 0 Å². The maximum atomic E-state index is 12.4. The zero-order chi connectivity index (χ0) is 16.3. The van der Waals surface area contributed by atoms with Crippen molar-refractivity contribution in [1.29, 1.82) is 0 Å². The van der Waals surface area contributed by atoms with Gasteiger partial charge in [-0.25, -0.2) is 0 Å². The fourth-order valence-corrected chi connectivity index (χ4v) is 4.26. The van der Waals surface area contributed by atoms with E-state index in [4.69, 9.17) is 0 Å². The third-order valence-electron chi connectivity index (χ3n) is 4.61. The van der Waals surface area contributed by atoms with E-state index >= 15 is 0 Å². The van der Waals surface area contributed by atoms with Gasteiger partial charge in [-0.15, -0.1) is 0 Å². The van der Waals surface area contributed by atoms with Crippen LogP contribution in [0.15, 0.2) is 0 Å². The molecule has 1 atom stereocenters. The fourth-order valence-electron chi connectivity index (χ4n) is 3.07. The van der Waals surface area contributed by atoms with Gasteiger partial charge in [0, 0.05) is 33.2 Å². The minimum atomic E-state index is -3.43. The van der Waals surface area contributed by atoms with Crippen molar-refractivity contribution >= 4 is 16.1 Å². The molecule has 22 heavy (non-hydrogen) atoms. The lowest BCUT2D eigenvalue weighted by Crippen LogP contribution is -2.51. The average molecular weight is 332 g/mol. The second-order valence-corrected chi connectivity index (χ2v) is 8.72. The second kappa shape index (κ2) is 7.25. The van der Waals surface area contributed by atoms with Gasteiger partial charge in [0.05, 0.1) is 5.92 Å². The molecule has 128 valence electrons. The minimum absolute atomic E-state index is 0.00760. The molecule has 2 heterocycles. The highest BCUT2D eigenvalue weighted by molar-refractivity contribution is 7.86. The van der Waals surface area contributed by atoms with Gasteiger partial charge in [0.1, 0.15) is 0 Å². The molecule has 2 rings (SSSR count). The SMILES string of the molecule is CN1CCC(NC(=O)[C@@H]2CCCN(S(=O)(=O)N(C)C)C2)CC1. The highest BCUT2D eigenvalue weighted by atomic mass is 32.2. The van der Waals surface area contributed by atoms with Crippen LogP contribution in [-0.2, 0) is 15.0 Å². The summed E-state index contributed by atoms with van der Waals surface area (Å²) in [6, 6.07) is 0.226. The number of hydrogen-bond donors (Lipinski definition) is 1. The van der Waals surface area contributed by atoms with Crippen LogP contribution >= 0.6 is 0 Å². The first-order valence-electron chi connectivity index (χ1n) is 7.97. The number of likely N-dealkylation sites (tertiary alicyclic amines) is 1. The van der Waals surface area contributed by atoms with Crippen LogP contribution in [0.5, 0.6) is 0 Å². The predicted octanol–water partition coefficient (Wildman–Crippen LogP) is -0.285. The van der Waals surface area contributed by atoms with Crippen LogP contribution in [0.2, 0.25) is 0 Å². The summed E-state index contributed by atoms with van der Waals surface area (Å²) in [5.41, 5.74) is 0. The summed E-state index contributed by atoms with van der Waals surface area (Å²) in [5.74, 6) is -0.226. The van der Waals surface area contributed by atoms with E-state index in [-0.39, 0.29) is 17.9 Å². The summed E-state index contributed by atoms with van der Waals surface area (Å²) in [6.45, 7) is 2.78. The normalized spacial score (nSPS) is 26.3. The van der Waals surface area contributed by atoms with E-state index in [0.29, 0.717) is 13.1 Å². The van der Waals surface area contributed by atoms with Gasteiger partial charge in [-0.1, -0.05) is 0 Å². The van der Waals surface area contributed by atoms with Crippen LogP contribution in [0, 0.1) is 5.92 Å². The maximum Gasteiger partial charge on any atom is 0.281 e. The van der Waals surface area contributed by atoms with E-state index in [0.717, 1.165) is 38.8 Å². The van der Waals surface area contributed by atoms with Gasteiger partial charge in [-0.3, -0.25) is 4.79 Å². The summed E-state index contributed by atoms with van der Waals surface area (Å²) in [7, 11) is 1.71. The Bertz CT molecular complexity index is 486. The summed E-state index contributed by atoms with van der Waals surface area (Å²) in [6.07, 6.45) is 3.43. The molecule has 0 spiro atoms. The zero-order valence-electron chi connectivity index (χ0n) is 13.8. The number of carbonyl (C=O) groups is 1. The number of piperidine rings is 2. The lowest BCUT2D eigenvalue weighted by Gasteiger charge is -2.34. The van der Waals surface area contributed by atoms with Gasteiger partial charge in [-0.05, 0) is 45.8 Å². The standard InChI is InChI=1S/C14H28N4O3S/c1-16(2)22(20,21)18-8-4-5-12(11-18)14(19)15-13-6-9-17(3)10-7-13/h12-13H,4-11H2,1-3H3,(H,15,19)/t12-/m1/s1. The Morgan fingerprint density at radius 1 is 1.14 bits per heavy atom. The molecule has 1 amide bonds. The lowest BCUT2D eigenvalue weighted by molar-refractivity contribution is -0.127. The van der Waals surface area contributed by atoms with E-state index < -0.39 is 10.2 Å². The zero-order valence-corrected chi connectivity index (χ0v) is 14.6. The first kappa shape index (κ1) is 17.7. The summed E-state index contributed by atoms with van der Waals surface area (Å²) >= 11 is 0. The molecule has 0 aromatic rings. The molecule has 8 heteroatoms. The van der Waals surface area contributed by atoms with Gasteiger partial charge < -0.3 is 10.2 Å². The van der Waals surface area contributed by atoms with E-state index in [1.165, 1.54) is 22.7 Å². The Kier molecular flexibility index (Phi) is 5.81. The van der Waals surface area contributed by atoms with Gasteiger partial charge >= 0.3 is 0 Å². The van der Waals surface area contributed by atoms with E-state index in [9.17, 15) is 13.2 Å². The minimum Gasteiger partial charge on any atom is -0.353 e. The Balaban J connectivity index is 1.90. The van der Waals surface area contributed by atoms with Crippen molar-refractivity contribution in [2.75, 3.05) is 47.3 Å². The predicted molar refractivity (Wildman–Crippen MR) is 85.6 cm³/mol. The van der Waals surface area contributed by atoms with Crippen molar-refractivity contribution in [3.05, 3.63) is 0 Å². The Hall–Kier alpha value is -0.700. The summed E-state index contributed by atoms with van der Waals surface area (Å²) in [4.78, 5) is 14.7. The van der Waals surface area contributed by atoms with Crippen molar-refractivity contribution in [1.82, 2.24) is 18.8 Å². The topological polar surface area (TPSA) is 73.0 Å². The molecule has 2 aliphatic heterocycles. The molecule has 0 aromatic carbocycles. The molecule has 1 N–H and O–H groups in total. The largest absolute Gasteiger partial charge is 0.353 e. The van der Waals surface area contributed by atoms with Gasteiger partial charge in [-0.2, -0.15) is 17.0 Å². The van der Waals surface area contributed by atoms with Gasteiger partial charge in [0.2, 0.25) is 5.91 Å².